The lowest BCUT2D eigenvalue weighted by Gasteiger charge is -2.40. The van der Waals surface area contributed by atoms with Crippen molar-refractivity contribution in [3.63, 3.8) is 0 Å². The quantitative estimate of drug-likeness (QED) is 0.628. The number of likely N-dealkylation sites (tertiary alicyclic amines) is 1. The fraction of sp³-hybridized carbons (Fsp3) is 0.667. The second-order valence-electron chi connectivity index (χ2n) is 7.07. The Morgan fingerprint density at radius 2 is 1.91 bits per heavy atom. The number of hydrogen-bond acceptors (Lipinski definition) is 4. The molecule has 2 aliphatic rings. The van der Waals surface area contributed by atoms with E-state index in [1.165, 1.54) is 45.2 Å². The van der Waals surface area contributed by atoms with Gasteiger partial charge in [-0.1, -0.05) is 6.42 Å². The third-order valence-electron chi connectivity index (χ3n) is 5.38. The normalized spacial score (nSPS) is 26.2. The van der Waals surface area contributed by atoms with Crippen molar-refractivity contribution in [1.82, 2.24) is 4.90 Å². The maximum Gasteiger partial charge on any atom is 0.269 e. The van der Waals surface area contributed by atoms with E-state index in [1.807, 2.05) is 12.1 Å². The summed E-state index contributed by atoms with van der Waals surface area (Å²) in [4.78, 5) is 15.5. The monoisotopic (exact) mass is 317 g/mol. The van der Waals surface area contributed by atoms with Gasteiger partial charge in [-0.3, -0.25) is 10.1 Å². The summed E-state index contributed by atoms with van der Waals surface area (Å²) >= 11 is 0. The van der Waals surface area contributed by atoms with E-state index in [4.69, 9.17) is 0 Å². The molecule has 0 N–H and O–H groups in total. The molecule has 3 rings (SSSR count). The molecule has 2 aliphatic heterocycles. The molecule has 0 saturated carbocycles. The Morgan fingerprint density at radius 3 is 2.61 bits per heavy atom. The molecule has 0 bridgehead atoms. The first-order valence-corrected chi connectivity index (χ1v) is 8.87. The summed E-state index contributed by atoms with van der Waals surface area (Å²) < 4.78 is 0. The van der Waals surface area contributed by atoms with Gasteiger partial charge in [0.05, 0.1) is 4.92 Å². The van der Waals surface area contributed by atoms with Crippen molar-refractivity contribution in [2.45, 2.75) is 45.1 Å². The van der Waals surface area contributed by atoms with Gasteiger partial charge in [-0.05, 0) is 57.2 Å². The number of benzene rings is 1. The Kier molecular flexibility index (Phi) is 5.16. The third kappa shape index (κ3) is 4.02. The summed E-state index contributed by atoms with van der Waals surface area (Å²) in [7, 11) is 0. The van der Waals surface area contributed by atoms with Crippen LogP contribution < -0.4 is 4.90 Å². The molecule has 2 fully saturated rings. The maximum atomic E-state index is 10.8. The summed E-state index contributed by atoms with van der Waals surface area (Å²) in [6.07, 6.45) is 6.55. The number of nitro benzene ring substituents is 1. The summed E-state index contributed by atoms with van der Waals surface area (Å²) in [6.45, 7) is 6.93. The molecule has 23 heavy (non-hydrogen) atoms. The summed E-state index contributed by atoms with van der Waals surface area (Å²) in [6, 6.07) is 7.74. The molecule has 1 aromatic carbocycles. The highest BCUT2D eigenvalue weighted by Crippen LogP contribution is 2.27. The van der Waals surface area contributed by atoms with Crippen molar-refractivity contribution in [2.75, 3.05) is 31.1 Å². The second-order valence-corrected chi connectivity index (χ2v) is 7.07. The van der Waals surface area contributed by atoms with E-state index in [0.717, 1.165) is 24.8 Å². The molecule has 2 unspecified atom stereocenters. The Hall–Kier alpha value is -1.62. The number of hydrogen-bond donors (Lipinski definition) is 0. The first kappa shape index (κ1) is 16.2. The highest BCUT2D eigenvalue weighted by molar-refractivity contribution is 5.51. The number of piperidine rings is 2. The van der Waals surface area contributed by atoms with Gasteiger partial charge in [0.15, 0.2) is 0 Å². The molecule has 5 nitrogen and oxygen atoms in total. The number of anilines is 1. The lowest BCUT2D eigenvalue weighted by molar-refractivity contribution is -0.384. The van der Waals surface area contributed by atoms with Gasteiger partial charge < -0.3 is 9.80 Å². The number of nitrogens with zero attached hydrogens (tertiary/aromatic N) is 3. The minimum atomic E-state index is -0.333. The number of non-ortho nitro benzene ring substituents is 1. The van der Waals surface area contributed by atoms with Gasteiger partial charge in [0, 0.05) is 43.5 Å². The molecule has 2 heterocycles. The fourth-order valence-corrected chi connectivity index (χ4v) is 3.99. The van der Waals surface area contributed by atoms with E-state index >= 15 is 0 Å². The van der Waals surface area contributed by atoms with Gasteiger partial charge in [0.2, 0.25) is 0 Å². The van der Waals surface area contributed by atoms with Crippen LogP contribution in [0.1, 0.15) is 39.0 Å². The summed E-state index contributed by atoms with van der Waals surface area (Å²) in [5.74, 6) is 0.708. The largest absolute Gasteiger partial charge is 0.371 e. The van der Waals surface area contributed by atoms with E-state index in [0.29, 0.717) is 5.92 Å². The van der Waals surface area contributed by atoms with Gasteiger partial charge in [0.1, 0.15) is 0 Å². The molecular formula is C18H27N3O2. The Balaban J connectivity index is 1.60. The summed E-state index contributed by atoms with van der Waals surface area (Å²) in [5, 5.41) is 10.8. The van der Waals surface area contributed by atoms with Gasteiger partial charge in [-0.2, -0.15) is 0 Å². The van der Waals surface area contributed by atoms with Crippen LogP contribution in [0.3, 0.4) is 0 Å². The van der Waals surface area contributed by atoms with Crippen LogP contribution in [0.5, 0.6) is 0 Å². The number of nitro groups is 1. The van der Waals surface area contributed by atoms with Crippen LogP contribution in [-0.4, -0.2) is 42.0 Å². The first-order chi connectivity index (χ1) is 11.1. The van der Waals surface area contributed by atoms with Gasteiger partial charge in [-0.25, -0.2) is 0 Å². The Morgan fingerprint density at radius 1 is 1.13 bits per heavy atom. The highest BCUT2D eigenvalue weighted by atomic mass is 16.6. The second kappa shape index (κ2) is 7.30. The molecule has 0 amide bonds. The topological polar surface area (TPSA) is 49.6 Å². The van der Waals surface area contributed by atoms with Gasteiger partial charge >= 0.3 is 0 Å². The van der Waals surface area contributed by atoms with Crippen LogP contribution in [0.15, 0.2) is 24.3 Å². The lowest BCUT2D eigenvalue weighted by atomic mass is 9.94. The molecule has 5 heteroatoms. The first-order valence-electron chi connectivity index (χ1n) is 8.87. The number of rotatable bonds is 4. The van der Waals surface area contributed by atoms with Crippen molar-refractivity contribution in [2.24, 2.45) is 5.92 Å². The van der Waals surface area contributed by atoms with E-state index in [9.17, 15) is 10.1 Å². The average molecular weight is 317 g/mol. The predicted octanol–water partition coefficient (Wildman–Crippen LogP) is 3.69. The van der Waals surface area contributed by atoms with E-state index < -0.39 is 0 Å². The van der Waals surface area contributed by atoms with Crippen LogP contribution in [0, 0.1) is 16.0 Å². The predicted molar refractivity (Wildman–Crippen MR) is 92.9 cm³/mol. The van der Waals surface area contributed by atoms with E-state index in [2.05, 4.69) is 16.7 Å². The minimum Gasteiger partial charge on any atom is -0.371 e. The summed E-state index contributed by atoms with van der Waals surface area (Å²) in [5.41, 5.74) is 1.29. The van der Waals surface area contributed by atoms with Crippen LogP contribution >= 0.6 is 0 Å². The van der Waals surface area contributed by atoms with Crippen LogP contribution in [0.2, 0.25) is 0 Å². The molecule has 0 aromatic heterocycles. The Bertz CT molecular complexity index is 532. The SMILES string of the molecule is CC1CCCCN1CC1CCCN(c2ccc([N+](=O)[O-])cc2)C1. The standard InChI is InChI=1S/C18H27N3O2/c1-15-5-2-3-11-19(15)13-16-6-4-12-20(14-16)17-7-9-18(10-8-17)21(22)23/h7-10,15-16H,2-6,11-14H2,1H3. The lowest BCUT2D eigenvalue weighted by Crippen LogP contribution is -2.45. The highest BCUT2D eigenvalue weighted by Gasteiger charge is 2.25. The fourth-order valence-electron chi connectivity index (χ4n) is 3.99. The van der Waals surface area contributed by atoms with E-state index in [-0.39, 0.29) is 10.6 Å². The van der Waals surface area contributed by atoms with Gasteiger partial charge in [0.25, 0.3) is 5.69 Å². The van der Waals surface area contributed by atoms with Crippen LogP contribution in [-0.2, 0) is 0 Å². The van der Waals surface area contributed by atoms with Crippen molar-refractivity contribution in [1.29, 1.82) is 0 Å². The van der Waals surface area contributed by atoms with Gasteiger partial charge in [-0.15, -0.1) is 0 Å². The Labute approximate surface area is 138 Å². The zero-order valence-electron chi connectivity index (χ0n) is 14.0. The van der Waals surface area contributed by atoms with Crippen molar-refractivity contribution < 1.29 is 4.92 Å². The van der Waals surface area contributed by atoms with Crippen molar-refractivity contribution in [3.05, 3.63) is 34.4 Å². The van der Waals surface area contributed by atoms with E-state index in [1.54, 1.807) is 12.1 Å². The van der Waals surface area contributed by atoms with Crippen molar-refractivity contribution in [3.8, 4) is 0 Å². The van der Waals surface area contributed by atoms with Crippen molar-refractivity contribution >= 4 is 11.4 Å². The molecule has 1 aromatic rings. The molecule has 2 saturated heterocycles. The average Bonchev–Trinajstić information content (AvgIpc) is 2.57. The molecule has 0 radical (unpaired) electrons. The molecular weight excluding hydrogens is 290 g/mol. The molecule has 0 spiro atoms. The zero-order valence-corrected chi connectivity index (χ0v) is 14.0. The molecule has 126 valence electrons. The van der Waals surface area contributed by atoms with Crippen LogP contribution in [0.25, 0.3) is 0 Å². The van der Waals surface area contributed by atoms with Crippen LogP contribution in [0.4, 0.5) is 11.4 Å². The third-order valence-corrected chi connectivity index (χ3v) is 5.38. The minimum absolute atomic E-state index is 0.171. The molecule has 0 aliphatic carbocycles. The molecule has 2 atom stereocenters. The smallest absolute Gasteiger partial charge is 0.269 e. The zero-order chi connectivity index (χ0) is 16.2. The maximum absolute atomic E-state index is 10.8.